The molecule has 1 aromatic carbocycles. The second-order valence-corrected chi connectivity index (χ2v) is 4.68. The molecule has 1 amide bonds. The number of carbonyl (C=O) groups excluding carboxylic acids is 1. The van der Waals surface area contributed by atoms with Crippen LogP contribution in [0.1, 0.15) is 15.9 Å². The monoisotopic (exact) mass is 305 g/mol. The van der Waals surface area contributed by atoms with Crippen LogP contribution in [0.4, 0.5) is 11.4 Å². The Morgan fingerprint density at radius 3 is 2.83 bits per heavy atom. The second kappa shape index (κ2) is 5.18. The SMILES string of the molecule is Cc1cc(N)cc(C(=O)Nc2cccnc2Br)c1. The lowest BCUT2D eigenvalue weighted by Crippen LogP contribution is -2.13. The highest BCUT2D eigenvalue weighted by atomic mass is 79.9. The predicted octanol–water partition coefficient (Wildman–Crippen LogP) is 2.99. The van der Waals surface area contributed by atoms with Crippen LogP contribution in [-0.2, 0) is 0 Å². The van der Waals surface area contributed by atoms with E-state index in [0.717, 1.165) is 5.56 Å². The van der Waals surface area contributed by atoms with Crippen molar-refractivity contribution in [3.63, 3.8) is 0 Å². The van der Waals surface area contributed by atoms with Crippen molar-refractivity contribution >= 4 is 33.2 Å². The first-order chi connectivity index (χ1) is 8.56. The van der Waals surface area contributed by atoms with Crippen molar-refractivity contribution in [1.29, 1.82) is 0 Å². The fraction of sp³-hybridized carbons (Fsp3) is 0.0769. The molecule has 0 radical (unpaired) electrons. The molecule has 1 aromatic heterocycles. The van der Waals surface area contributed by atoms with Crippen LogP contribution >= 0.6 is 15.9 Å². The van der Waals surface area contributed by atoms with Crippen LogP contribution in [0.5, 0.6) is 0 Å². The van der Waals surface area contributed by atoms with E-state index < -0.39 is 0 Å². The van der Waals surface area contributed by atoms with Gasteiger partial charge in [0.2, 0.25) is 0 Å². The first-order valence-electron chi connectivity index (χ1n) is 5.35. The van der Waals surface area contributed by atoms with Gasteiger partial charge in [-0.05, 0) is 58.7 Å². The van der Waals surface area contributed by atoms with Crippen molar-refractivity contribution < 1.29 is 4.79 Å². The summed E-state index contributed by atoms with van der Waals surface area (Å²) in [6, 6.07) is 8.78. The smallest absolute Gasteiger partial charge is 0.255 e. The van der Waals surface area contributed by atoms with E-state index in [1.807, 2.05) is 13.0 Å². The van der Waals surface area contributed by atoms with Crippen LogP contribution in [0.25, 0.3) is 0 Å². The maximum atomic E-state index is 12.1. The number of benzene rings is 1. The van der Waals surface area contributed by atoms with Crippen molar-refractivity contribution in [3.8, 4) is 0 Å². The zero-order valence-electron chi connectivity index (χ0n) is 9.77. The van der Waals surface area contributed by atoms with Crippen LogP contribution in [0.2, 0.25) is 0 Å². The predicted molar refractivity (Wildman–Crippen MR) is 75.5 cm³/mol. The molecule has 3 N–H and O–H groups in total. The summed E-state index contributed by atoms with van der Waals surface area (Å²) in [6.45, 7) is 1.90. The Morgan fingerprint density at radius 2 is 2.17 bits per heavy atom. The summed E-state index contributed by atoms with van der Waals surface area (Å²) >= 11 is 3.28. The Balaban J connectivity index is 2.25. The van der Waals surface area contributed by atoms with Gasteiger partial charge in [0.15, 0.2) is 0 Å². The highest BCUT2D eigenvalue weighted by molar-refractivity contribution is 9.10. The lowest BCUT2D eigenvalue weighted by Gasteiger charge is -2.07. The molecule has 0 atom stereocenters. The molecule has 0 fully saturated rings. The molecule has 4 nitrogen and oxygen atoms in total. The number of aromatic nitrogens is 1. The Bertz CT molecular complexity index is 578. The third-order valence-electron chi connectivity index (χ3n) is 2.37. The van der Waals surface area contributed by atoms with Gasteiger partial charge < -0.3 is 11.1 Å². The summed E-state index contributed by atoms with van der Waals surface area (Å²) in [5.41, 5.74) is 8.40. The molecule has 1 heterocycles. The zero-order valence-corrected chi connectivity index (χ0v) is 11.4. The van der Waals surface area contributed by atoms with Gasteiger partial charge in [-0.3, -0.25) is 4.79 Å². The molecule has 0 saturated heterocycles. The number of amides is 1. The minimum absolute atomic E-state index is 0.209. The molecular formula is C13H12BrN3O. The molecule has 0 spiro atoms. The van der Waals surface area contributed by atoms with E-state index in [1.54, 1.807) is 30.5 Å². The number of nitrogens with two attached hydrogens (primary N) is 1. The summed E-state index contributed by atoms with van der Waals surface area (Å²) in [5.74, 6) is -0.209. The molecule has 0 bridgehead atoms. The Morgan fingerprint density at radius 1 is 1.39 bits per heavy atom. The van der Waals surface area contributed by atoms with Crippen molar-refractivity contribution in [2.45, 2.75) is 6.92 Å². The van der Waals surface area contributed by atoms with Crippen molar-refractivity contribution in [2.75, 3.05) is 11.1 Å². The number of hydrogen-bond acceptors (Lipinski definition) is 3. The summed E-state index contributed by atoms with van der Waals surface area (Å²) in [5, 5.41) is 2.78. The number of carbonyl (C=O) groups is 1. The third kappa shape index (κ3) is 2.87. The first-order valence-corrected chi connectivity index (χ1v) is 6.14. The quantitative estimate of drug-likeness (QED) is 0.662. The van der Waals surface area contributed by atoms with Gasteiger partial charge in [-0.1, -0.05) is 0 Å². The molecule has 0 aliphatic heterocycles. The van der Waals surface area contributed by atoms with Crippen LogP contribution < -0.4 is 11.1 Å². The van der Waals surface area contributed by atoms with Crippen molar-refractivity contribution in [3.05, 3.63) is 52.3 Å². The van der Waals surface area contributed by atoms with Gasteiger partial charge in [0, 0.05) is 17.4 Å². The molecule has 0 aliphatic rings. The summed E-state index contributed by atoms with van der Waals surface area (Å²) < 4.78 is 0.596. The van der Waals surface area contributed by atoms with E-state index in [1.165, 1.54) is 0 Å². The lowest BCUT2D eigenvalue weighted by molar-refractivity contribution is 0.102. The van der Waals surface area contributed by atoms with Gasteiger partial charge in [0.1, 0.15) is 4.60 Å². The number of nitrogen functional groups attached to an aromatic ring is 1. The number of nitrogens with zero attached hydrogens (tertiary/aromatic N) is 1. The highest BCUT2D eigenvalue weighted by Crippen LogP contribution is 2.20. The van der Waals surface area contributed by atoms with Crippen LogP contribution in [0, 0.1) is 6.92 Å². The molecular weight excluding hydrogens is 294 g/mol. The summed E-state index contributed by atoms with van der Waals surface area (Å²) in [4.78, 5) is 16.1. The maximum absolute atomic E-state index is 12.1. The standard InChI is InChI=1S/C13H12BrN3O/c1-8-5-9(7-10(15)6-8)13(18)17-11-3-2-4-16-12(11)14/h2-7H,15H2,1H3,(H,17,18). The van der Waals surface area contributed by atoms with E-state index in [4.69, 9.17) is 5.73 Å². The van der Waals surface area contributed by atoms with E-state index >= 15 is 0 Å². The largest absolute Gasteiger partial charge is 0.399 e. The molecule has 0 unspecified atom stereocenters. The first kappa shape index (κ1) is 12.6. The van der Waals surface area contributed by atoms with Crippen LogP contribution in [0.3, 0.4) is 0 Å². The number of rotatable bonds is 2. The van der Waals surface area contributed by atoms with E-state index in [-0.39, 0.29) is 5.91 Å². The number of hydrogen-bond donors (Lipinski definition) is 2. The van der Waals surface area contributed by atoms with Crippen molar-refractivity contribution in [2.24, 2.45) is 0 Å². The van der Waals surface area contributed by atoms with Crippen molar-refractivity contribution in [1.82, 2.24) is 4.98 Å². The molecule has 0 saturated carbocycles. The summed E-state index contributed by atoms with van der Waals surface area (Å²) in [7, 11) is 0. The Hall–Kier alpha value is -1.88. The van der Waals surface area contributed by atoms with Gasteiger partial charge >= 0.3 is 0 Å². The fourth-order valence-electron chi connectivity index (χ4n) is 1.62. The van der Waals surface area contributed by atoms with Gasteiger partial charge in [0.25, 0.3) is 5.91 Å². The van der Waals surface area contributed by atoms with Gasteiger partial charge in [-0.25, -0.2) is 4.98 Å². The Labute approximate surface area is 113 Å². The third-order valence-corrected chi connectivity index (χ3v) is 3.00. The molecule has 18 heavy (non-hydrogen) atoms. The van der Waals surface area contributed by atoms with E-state index in [9.17, 15) is 4.79 Å². The lowest BCUT2D eigenvalue weighted by atomic mass is 10.1. The van der Waals surface area contributed by atoms with Crippen LogP contribution in [-0.4, -0.2) is 10.9 Å². The number of halogens is 1. The average Bonchev–Trinajstić information content (AvgIpc) is 2.31. The molecule has 5 heteroatoms. The molecule has 0 aliphatic carbocycles. The number of anilines is 2. The van der Waals surface area contributed by atoms with E-state index in [2.05, 4.69) is 26.2 Å². The fourth-order valence-corrected chi connectivity index (χ4v) is 1.97. The average molecular weight is 306 g/mol. The van der Waals surface area contributed by atoms with Gasteiger partial charge in [0.05, 0.1) is 5.69 Å². The zero-order chi connectivity index (χ0) is 13.1. The minimum Gasteiger partial charge on any atom is -0.399 e. The Kier molecular flexibility index (Phi) is 3.62. The van der Waals surface area contributed by atoms with Gasteiger partial charge in [-0.2, -0.15) is 0 Å². The number of aryl methyl sites for hydroxylation is 1. The topological polar surface area (TPSA) is 68.0 Å². The molecule has 2 aromatic rings. The van der Waals surface area contributed by atoms with Crippen LogP contribution in [0.15, 0.2) is 41.1 Å². The molecule has 92 valence electrons. The number of pyridine rings is 1. The normalized spacial score (nSPS) is 10.1. The second-order valence-electron chi connectivity index (χ2n) is 3.93. The minimum atomic E-state index is -0.209. The highest BCUT2D eigenvalue weighted by Gasteiger charge is 2.09. The number of nitrogens with one attached hydrogen (secondary N) is 1. The van der Waals surface area contributed by atoms with Gasteiger partial charge in [-0.15, -0.1) is 0 Å². The maximum Gasteiger partial charge on any atom is 0.255 e. The molecule has 2 rings (SSSR count). The van der Waals surface area contributed by atoms with E-state index in [0.29, 0.717) is 21.5 Å². The summed E-state index contributed by atoms with van der Waals surface area (Å²) in [6.07, 6.45) is 1.64.